The summed E-state index contributed by atoms with van der Waals surface area (Å²) in [4.78, 5) is 12.8. The zero-order valence-corrected chi connectivity index (χ0v) is 13.8. The molecule has 0 saturated heterocycles. The molecule has 1 rings (SSSR count). The van der Waals surface area contributed by atoms with Crippen LogP contribution in [0, 0.1) is 0 Å². The summed E-state index contributed by atoms with van der Waals surface area (Å²) in [7, 11) is 0. The number of carbonyl (C=O) groups is 1. The quantitative estimate of drug-likeness (QED) is 0.712. The van der Waals surface area contributed by atoms with Crippen LogP contribution in [0.15, 0.2) is 33.6 Å². The molecule has 3 nitrogen and oxygen atoms in total. The molecular formula is C14H21BrN2OS. The van der Waals surface area contributed by atoms with Crippen LogP contribution >= 0.6 is 27.7 Å². The third kappa shape index (κ3) is 6.99. The fourth-order valence-electron chi connectivity index (χ4n) is 1.59. The fourth-order valence-corrected chi connectivity index (χ4v) is 3.11. The summed E-state index contributed by atoms with van der Waals surface area (Å²) in [5.41, 5.74) is 0. The summed E-state index contributed by atoms with van der Waals surface area (Å²) in [5.74, 6) is 0.911. The maximum absolute atomic E-state index is 11.7. The Labute approximate surface area is 128 Å². The highest BCUT2D eigenvalue weighted by atomic mass is 79.9. The topological polar surface area (TPSA) is 41.1 Å². The summed E-state index contributed by atoms with van der Waals surface area (Å²) in [6.45, 7) is 5.74. The molecule has 1 amide bonds. The van der Waals surface area contributed by atoms with Gasteiger partial charge >= 0.3 is 0 Å². The van der Waals surface area contributed by atoms with Gasteiger partial charge in [0.25, 0.3) is 0 Å². The molecule has 19 heavy (non-hydrogen) atoms. The average molecular weight is 345 g/mol. The highest BCUT2D eigenvalue weighted by Crippen LogP contribution is 2.27. The van der Waals surface area contributed by atoms with Crippen molar-refractivity contribution in [3.63, 3.8) is 0 Å². The van der Waals surface area contributed by atoms with Crippen LogP contribution < -0.4 is 10.6 Å². The summed E-state index contributed by atoms with van der Waals surface area (Å²) < 4.78 is 1.08. The normalized spacial score (nSPS) is 12.2. The summed E-state index contributed by atoms with van der Waals surface area (Å²) in [5, 5.41) is 6.21. The predicted molar refractivity (Wildman–Crippen MR) is 85.6 cm³/mol. The minimum atomic E-state index is 0.115. The summed E-state index contributed by atoms with van der Waals surface area (Å²) >= 11 is 5.20. The van der Waals surface area contributed by atoms with Crippen molar-refractivity contribution in [2.75, 3.05) is 18.8 Å². The van der Waals surface area contributed by atoms with E-state index in [1.807, 2.05) is 18.2 Å². The number of thioether (sulfide) groups is 1. The third-order valence-electron chi connectivity index (χ3n) is 2.58. The van der Waals surface area contributed by atoms with Gasteiger partial charge < -0.3 is 10.6 Å². The van der Waals surface area contributed by atoms with Crippen molar-refractivity contribution in [2.45, 2.75) is 31.2 Å². The van der Waals surface area contributed by atoms with E-state index in [0.717, 1.165) is 16.8 Å². The molecule has 1 atom stereocenters. The number of hydrogen-bond acceptors (Lipinski definition) is 3. The first-order valence-electron chi connectivity index (χ1n) is 6.51. The fraction of sp³-hybridized carbons (Fsp3) is 0.500. The van der Waals surface area contributed by atoms with Crippen LogP contribution in [0.5, 0.6) is 0 Å². The molecule has 0 bridgehead atoms. The van der Waals surface area contributed by atoms with Gasteiger partial charge in [0.15, 0.2) is 0 Å². The van der Waals surface area contributed by atoms with E-state index < -0.39 is 0 Å². The molecule has 0 aliphatic rings. The largest absolute Gasteiger partial charge is 0.355 e. The smallest absolute Gasteiger partial charge is 0.220 e. The van der Waals surface area contributed by atoms with Gasteiger partial charge in [-0.25, -0.2) is 0 Å². The van der Waals surface area contributed by atoms with Crippen LogP contribution in [0.4, 0.5) is 0 Å². The third-order valence-corrected chi connectivity index (χ3v) is 4.61. The Balaban J connectivity index is 2.19. The maximum Gasteiger partial charge on any atom is 0.220 e. The van der Waals surface area contributed by atoms with Crippen LogP contribution in [-0.4, -0.2) is 30.8 Å². The molecule has 106 valence electrons. The minimum Gasteiger partial charge on any atom is -0.355 e. The molecule has 0 heterocycles. The molecule has 0 unspecified atom stereocenters. The van der Waals surface area contributed by atoms with Crippen LogP contribution in [-0.2, 0) is 4.79 Å². The van der Waals surface area contributed by atoms with Gasteiger partial charge in [0.2, 0.25) is 5.91 Å². The van der Waals surface area contributed by atoms with E-state index in [4.69, 9.17) is 0 Å². The summed E-state index contributed by atoms with van der Waals surface area (Å²) in [6, 6.07) is 8.39. The van der Waals surface area contributed by atoms with E-state index in [1.54, 1.807) is 11.8 Å². The molecule has 0 aliphatic carbocycles. The van der Waals surface area contributed by atoms with Gasteiger partial charge in [-0.1, -0.05) is 19.1 Å². The van der Waals surface area contributed by atoms with Gasteiger partial charge in [-0.2, -0.15) is 0 Å². The lowest BCUT2D eigenvalue weighted by atomic mass is 10.3. The van der Waals surface area contributed by atoms with Gasteiger partial charge in [0, 0.05) is 34.1 Å². The number of nitrogens with one attached hydrogen (secondary N) is 2. The van der Waals surface area contributed by atoms with Crippen molar-refractivity contribution < 1.29 is 4.79 Å². The van der Waals surface area contributed by atoms with Crippen molar-refractivity contribution in [2.24, 2.45) is 0 Å². The van der Waals surface area contributed by atoms with E-state index in [9.17, 15) is 4.79 Å². The molecule has 5 heteroatoms. The van der Waals surface area contributed by atoms with Gasteiger partial charge in [0.05, 0.1) is 0 Å². The highest BCUT2D eigenvalue weighted by Gasteiger charge is 2.05. The molecule has 0 spiro atoms. The average Bonchev–Trinajstić information content (AvgIpc) is 2.39. The van der Waals surface area contributed by atoms with Gasteiger partial charge in [-0.15, -0.1) is 11.8 Å². The molecule has 1 aromatic rings. The Morgan fingerprint density at radius 1 is 1.42 bits per heavy atom. The van der Waals surface area contributed by atoms with E-state index in [0.29, 0.717) is 19.0 Å². The standard InChI is InChI=1S/C14H21BrN2OS/c1-3-16-11(2)10-17-14(18)8-9-19-13-7-5-4-6-12(13)15/h4-7,11,16H,3,8-10H2,1-2H3,(H,17,18)/t11-/m1/s1. The van der Waals surface area contributed by atoms with Crippen molar-refractivity contribution >= 4 is 33.6 Å². The first-order chi connectivity index (χ1) is 9.13. The lowest BCUT2D eigenvalue weighted by molar-refractivity contribution is -0.120. The van der Waals surface area contributed by atoms with Crippen molar-refractivity contribution in [3.8, 4) is 0 Å². The first-order valence-corrected chi connectivity index (χ1v) is 8.28. The van der Waals surface area contributed by atoms with E-state index >= 15 is 0 Å². The van der Waals surface area contributed by atoms with Crippen molar-refractivity contribution in [1.82, 2.24) is 10.6 Å². The second-order valence-electron chi connectivity index (χ2n) is 4.29. The zero-order chi connectivity index (χ0) is 14.1. The second kappa shape index (κ2) is 9.39. The van der Waals surface area contributed by atoms with Crippen LogP contribution in [0.2, 0.25) is 0 Å². The molecule has 1 aromatic carbocycles. The van der Waals surface area contributed by atoms with E-state index in [-0.39, 0.29) is 5.91 Å². The van der Waals surface area contributed by atoms with Gasteiger partial charge in [0.1, 0.15) is 0 Å². The number of halogens is 1. The Bertz CT molecular complexity index is 401. The number of carbonyl (C=O) groups excluding carboxylic acids is 1. The van der Waals surface area contributed by atoms with Gasteiger partial charge in [-0.3, -0.25) is 4.79 Å². The zero-order valence-electron chi connectivity index (χ0n) is 11.4. The lowest BCUT2D eigenvalue weighted by Gasteiger charge is -2.13. The molecular weight excluding hydrogens is 324 g/mol. The summed E-state index contributed by atoms with van der Waals surface area (Å²) in [6.07, 6.45) is 0.546. The number of likely N-dealkylation sites (N-methyl/N-ethyl adjacent to an activating group) is 1. The highest BCUT2D eigenvalue weighted by molar-refractivity contribution is 9.10. The number of rotatable bonds is 8. The van der Waals surface area contributed by atoms with Crippen molar-refractivity contribution in [3.05, 3.63) is 28.7 Å². The van der Waals surface area contributed by atoms with Crippen LogP contribution in [0.3, 0.4) is 0 Å². The maximum atomic E-state index is 11.7. The Morgan fingerprint density at radius 2 is 2.16 bits per heavy atom. The molecule has 0 saturated carbocycles. The SMILES string of the molecule is CCN[C@H](C)CNC(=O)CCSc1ccccc1Br. The van der Waals surface area contributed by atoms with Crippen LogP contribution in [0.1, 0.15) is 20.3 Å². The van der Waals surface area contributed by atoms with Crippen LogP contribution in [0.25, 0.3) is 0 Å². The first kappa shape index (κ1) is 16.5. The van der Waals surface area contributed by atoms with Gasteiger partial charge in [-0.05, 0) is 41.5 Å². The Morgan fingerprint density at radius 3 is 2.84 bits per heavy atom. The molecule has 0 fully saturated rings. The molecule has 2 N–H and O–H groups in total. The molecule has 0 aliphatic heterocycles. The van der Waals surface area contributed by atoms with E-state index in [1.165, 1.54) is 4.90 Å². The Hall–Kier alpha value is -0.520. The number of amides is 1. The monoisotopic (exact) mass is 344 g/mol. The molecule has 0 aromatic heterocycles. The molecule has 0 radical (unpaired) electrons. The predicted octanol–water partition coefficient (Wildman–Crippen LogP) is 3.05. The lowest BCUT2D eigenvalue weighted by Crippen LogP contribution is -2.38. The second-order valence-corrected chi connectivity index (χ2v) is 6.28. The van der Waals surface area contributed by atoms with Crippen molar-refractivity contribution in [1.29, 1.82) is 0 Å². The van der Waals surface area contributed by atoms with E-state index in [2.05, 4.69) is 46.5 Å². The minimum absolute atomic E-state index is 0.115. The number of benzene rings is 1. The Kier molecular flexibility index (Phi) is 8.18. The number of hydrogen-bond donors (Lipinski definition) is 2.